The Hall–Kier alpha value is -2.25. The molecule has 0 unspecified atom stereocenters. The first kappa shape index (κ1) is 20.5. The van der Waals surface area contributed by atoms with Crippen molar-refractivity contribution in [3.05, 3.63) is 65.5 Å². The summed E-state index contributed by atoms with van der Waals surface area (Å²) in [5, 5.41) is 2.83. The third kappa shape index (κ3) is 4.77. The molecule has 0 bridgehead atoms. The molecule has 1 fully saturated rings. The minimum Gasteiger partial charge on any atom is -0.346 e. The van der Waals surface area contributed by atoms with E-state index in [1.807, 2.05) is 0 Å². The lowest BCUT2D eigenvalue weighted by Gasteiger charge is -2.20. The van der Waals surface area contributed by atoms with Crippen LogP contribution >= 0.6 is 0 Å². The molecule has 7 heteroatoms. The van der Waals surface area contributed by atoms with E-state index in [4.69, 9.17) is 0 Å². The first-order valence-electron chi connectivity index (χ1n) is 9.54. The lowest BCUT2D eigenvalue weighted by Crippen LogP contribution is -2.32. The third-order valence-corrected chi connectivity index (χ3v) is 6.91. The standard InChI is InChI=1S/C21H25FN2O3S/c1-16(17-9-11-19(22)12-10-17)23-21(25)18-7-6-8-20(15-18)28(26,27)24-13-4-2-3-5-14-24/h6-12,15-16H,2-5,13-14H2,1H3,(H,23,25)/t16-/m1/s1. The zero-order valence-corrected chi connectivity index (χ0v) is 16.7. The molecule has 0 spiro atoms. The van der Waals surface area contributed by atoms with Crippen LogP contribution in [-0.2, 0) is 10.0 Å². The van der Waals surface area contributed by atoms with Crippen molar-refractivity contribution in [3.63, 3.8) is 0 Å². The Morgan fingerprint density at radius 1 is 1.04 bits per heavy atom. The van der Waals surface area contributed by atoms with Gasteiger partial charge in [-0.25, -0.2) is 12.8 Å². The van der Waals surface area contributed by atoms with Gasteiger partial charge in [0.2, 0.25) is 10.0 Å². The van der Waals surface area contributed by atoms with E-state index in [0.717, 1.165) is 31.2 Å². The van der Waals surface area contributed by atoms with Gasteiger partial charge in [0.05, 0.1) is 10.9 Å². The first-order valence-corrected chi connectivity index (χ1v) is 11.0. The number of carbonyl (C=O) groups is 1. The van der Waals surface area contributed by atoms with Crippen LogP contribution in [0.1, 0.15) is 54.6 Å². The van der Waals surface area contributed by atoms with Crippen LogP contribution in [0.25, 0.3) is 0 Å². The third-order valence-electron chi connectivity index (χ3n) is 5.02. The summed E-state index contributed by atoms with van der Waals surface area (Å²) < 4.78 is 40.5. The maximum absolute atomic E-state index is 13.1. The van der Waals surface area contributed by atoms with E-state index in [0.29, 0.717) is 13.1 Å². The highest BCUT2D eigenvalue weighted by Crippen LogP contribution is 2.21. The monoisotopic (exact) mass is 404 g/mol. The van der Waals surface area contributed by atoms with E-state index in [9.17, 15) is 17.6 Å². The molecule has 0 aromatic heterocycles. The Kier molecular flexibility index (Phi) is 6.46. The van der Waals surface area contributed by atoms with Crippen molar-refractivity contribution < 1.29 is 17.6 Å². The topological polar surface area (TPSA) is 66.5 Å². The van der Waals surface area contributed by atoms with Crippen LogP contribution in [0.5, 0.6) is 0 Å². The molecule has 28 heavy (non-hydrogen) atoms. The predicted molar refractivity (Wildman–Crippen MR) is 106 cm³/mol. The molecule has 0 saturated carbocycles. The average Bonchev–Trinajstić information content (AvgIpc) is 2.98. The molecule has 1 atom stereocenters. The van der Waals surface area contributed by atoms with Crippen molar-refractivity contribution in [1.82, 2.24) is 9.62 Å². The van der Waals surface area contributed by atoms with Crippen LogP contribution in [0.4, 0.5) is 4.39 Å². The molecule has 1 heterocycles. The molecule has 0 radical (unpaired) electrons. The Labute approximate surface area is 165 Å². The molecule has 2 aromatic rings. The van der Waals surface area contributed by atoms with Crippen LogP contribution in [0.15, 0.2) is 53.4 Å². The van der Waals surface area contributed by atoms with Gasteiger partial charge in [-0.1, -0.05) is 31.0 Å². The molecule has 1 aliphatic heterocycles. The van der Waals surface area contributed by atoms with Gasteiger partial charge in [0.15, 0.2) is 0 Å². The number of halogens is 1. The van der Waals surface area contributed by atoms with E-state index in [-0.39, 0.29) is 28.2 Å². The van der Waals surface area contributed by atoms with E-state index in [1.54, 1.807) is 31.2 Å². The maximum Gasteiger partial charge on any atom is 0.251 e. The molecule has 1 saturated heterocycles. The Bertz CT molecular complexity index is 921. The van der Waals surface area contributed by atoms with Crippen LogP contribution < -0.4 is 5.32 Å². The summed E-state index contributed by atoms with van der Waals surface area (Å²) in [7, 11) is -3.62. The van der Waals surface area contributed by atoms with E-state index >= 15 is 0 Å². The van der Waals surface area contributed by atoms with Gasteiger partial charge in [-0.2, -0.15) is 4.31 Å². The number of carbonyl (C=O) groups excluding carboxylic acids is 1. The van der Waals surface area contributed by atoms with Crippen molar-refractivity contribution in [1.29, 1.82) is 0 Å². The number of nitrogens with zero attached hydrogens (tertiary/aromatic N) is 1. The lowest BCUT2D eigenvalue weighted by atomic mass is 10.1. The second-order valence-corrected chi connectivity index (χ2v) is 9.03. The second-order valence-electron chi connectivity index (χ2n) is 7.09. The van der Waals surface area contributed by atoms with Crippen molar-refractivity contribution in [2.45, 2.75) is 43.5 Å². The highest BCUT2D eigenvalue weighted by Gasteiger charge is 2.26. The van der Waals surface area contributed by atoms with Gasteiger partial charge in [-0.3, -0.25) is 4.79 Å². The van der Waals surface area contributed by atoms with Gasteiger partial charge in [-0.15, -0.1) is 0 Å². The fourth-order valence-corrected chi connectivity index (χ4v) is 4.91. The summed E-state index contributed by atoms with van der Waals surface area (Å²) in [5.41, 5.74) is 1.05. The number of sulfonamides is 1. The number of benzene rings is 2. The average molecular weight is 405 g/mol. The summed E-state index contributed by atoms with van der Waals surface area (Å²) in [6.45, 7) is 2.82. The molecule has 150 valence electrons. The predicted octanol–water partition coefficient (Wildman–Crippen LogP) is 3.88. The summed E-state index contributed by atoms with van der Waals surface area (Å²) >= 11 is 0. The SMILES string of the molecule is C[C@@H](NC(=O)c1cccc(S(=O)(=O)N2CCCCCC2)c1)c1ccc(F)cc1. The van der Waals surface area contributed by atoms with E-state index in [1.165, 1.54) is 28.6 Å². The first-order chi connectivity index (χ1) is 13.4. The summed E-state index contributed by atoms with van der Waals surface area (Å²) in [6.07, 6.45) is 3.79. The van der Waals surface area contributed by atoms with E-state index in [2.05, 4.69) is 5.32 Å². The molecule has 1 N–H and O–H groups in total. The fourth-order valence-electron chi connectivity index (χ4n) is 3.34. The van der Waals surface area contributed by atoms with Crippen molar-refractivity contribution in [3.8, 4) is 0 Å². The van der Waals surface area contributed by atoms with Crippen LogP contribution in [0, 0.1) is 5.82 Å². The molecule has 3 rings (SSSR count). The molecule has 1 aliphatic rings. The smallest absolute Gasteiger partial charge is 0.251 e. The normalized spacial score (nSPS) is 16.9. The Balaban J connectivity index is 1.76. The van der Waals surface area contributed by atoms with Gasteiger partial charge in [0.1, 0.15) is 5.82 Å². The van der Waals surface area contributed by atoms with Gasteiger partial charge < -0.3 is 5.32 Å². The van der Waals surface area contributed by atoms with Crippen LogP contribution in [0.2, 0.25) is 0 Å². The second kappa shape index (κ2) is 8.84. The largest absolute Gasteiger partial charge is 0.346 e. The fraction of sp³-hybridized carbons (Fsp3) is 0.381. The minimum absolute atomic E-state index is 0.136. The van der Waals surface area contributed by atoms with E-state index < -0.39 is 10.0 Å². The van der Waals surface area contributed by atoms with Gasteiger partial charge in [-0.05, 0) is 55.7 Å². The number of nitrogens with one attached hydrogen (secondary N) is 1. The number of rotatable bonds is 5. The number of hydrogen-bond acceptors (Lipinski definition) is 3. The van der Waals surface area contributed by atoms with Crippen molar-refractivity contribution in [2.24, 2.45) is 0 Å². The summed E-state index contributed by atoms with van der Waals surface area (Å²) in [4.78, 5) is 12.7. The Morgan fingerprint density at radius 2 is 1.68 bits per heavy atom. The highest BCUT2D eigenvalue weighted by atomic mass is 32.2. The van der Waals surface area contributed by atoms with Crippen molar-refractivity contribution >= 4 is 15.9 Å². The van der Waals surface area contributed by atoms with Crippen LogP contribution in [-0.4, -0.2) is 31.7 Å². The molecule has 0 aliphatic carbocycles. The molecular weight excluding hydrogens is 379 g/mol. The molecular formula is C21H25FN2O3S. The maximum atomic E-state index is 13.1. The van der Waals surface area contributed by atoms with Gasteiger partial charge in [0, 0.05) is 18.7 Å². The van der Waals surface area contributed by atoms with Crippen LogP contribution in [0.3, 0.4) is 0 Å². The summed E-state index contributed by atoms with van der Waals surface area (Å²) in [5.74, 6) is -0.710. The molecule has 1 amide bonds. The highest BCUT2D eigenvalue weighted by molar-refractivity contribution is 7.89. The zero-order chi connectivity index (χ0) is 20.1. The molecule has 2 aromatic carbocycles. The quantitative estimate of drug-likeness (QED) is 0.822. The number of amides is 1. The van der Waals surface area contributed by atoms with Gasteiger partial charge >= 0.3 is 0 Å². The minimum atomic E-state index is -3.62. The number of hydrogen-bond donors (Lipinski definition) is 1. The summed E-state index contributed by atoms with van der Waals surface area (Å²) in [6, 6.07) is 11.7. The van der Waals surface area contributed by atoms with Gasteiger partial charge in [0.25, 0.3) is 5.91 Å². The van der Waals surface area contributed by atoms with Crippen molar-refractivity contribution in [2.75, 3.05) is 13.1 Å². The lowest BCUT2D eigenvalue weighted by molar-refractivity contribution is 0.0939. The Morgan fingerprint density at radius 3 is 2.32 bits per heavy atom. The molecule has 5 nitrogen and oxygen atoms in total. The zero-order valence-electron chi connectivity index (χ0n) is 15.9.